The van der Waals surface area contributed by atoms with Gasteiger partial charge in [0.15, 0.2) is 0 Å². The standard InChI is InChI=1S/C9H16N2OS/c1-3-6-13-7-5-11-9(12)8(10)4-2/h1,8H,4-7,10H2,2H3,(H,11,12). The van der Waals surface area contributed by atoms with Gasteiger partial charge in [0.2, 0.25) is 5.91 Å². The van der Waals surface area contributed by atoms with Crippen LogP contribution in [0.25, 0.3) is 0 Å². The number of terminal acetylenes is 1. The Bertz CT molecular complexity index is 189. The van der Waals surface area contributed by atoms with E-state index in [1.165, 1.54) is 0 Å². The van der Waals surface area contributed by atoms with Gasteiger partial charge >= 0.3 is 0 Å². The van der Waals surface area contributed by atoms with Gasteiger partial charge in [-0.05, 0) is 6.42 Å². The molecule has 0 bridgehead atoms. The third kappa shape index (κ3) is 6.50. The molecule has 0 aromatic carbocycles. The van der Waals surface area contributed by atoms with Crippen molar-refractivity contribution in [1.29, 1.82) is 0 Å². The monoisotopic (exact) mass is 200 g/mol. The number of hydrogen-bond donors (Lipinski definition) is 2. The number of nitrogens with two attached hydrogens (primary N) is 1. The molecule has 0 rings (SSSR count). The van der Waals surface area contributed by atoms with Crippen LogP contribution in [0.3, 0.4) is 0 Å². The van der Waals surface area contributed by atoms with E-state index in [9.17, 15) is 4.79 Å². The number of carbonyl (C=O) groups excluding carboxylic acids is 1. The van der Waals surface area contributed by atoms with Crippen LogP contribution < -0.4 is 11.1 Å². The second-order valence-electron chi connectivity index (χ2n) is 2.56. The van der Waals surface area contributed by atoms with Crippen molar-refractivity contribution in [3.05, 3.63) is 0 Å². The number of nitrogens with one attached hydrogen (secondary N) is 1. The normalized spacial score (nSPS) is 11.8. The molecule has 0 radical (unpaired) electrons. The number of hydrogen-bond acceptors (Lipinski definition) is 3. The molecule has 1 atom stereocenters. The molecule has 4 heteroatoms. The van der Waals surface area contributed by atoms with Crippen molar-refractivity contribution in [2.75, 3.05) is 18.1 Å². The summed E-state index contributed by atoms with van der Waals surface area (Å²) in [4.78, 5) is 11.1. The minimum Gasteiger partial charge on any atom is -0.354 e. The topological polar surface area (TPSA) is 55.1 Å². The Balaban J connectivity index is 3.33. The van der Waals surface area contributed by atoms with Crippen molar-refractivity contribution in [3.8, 4) is 12.3 Å². The average Bonchev–Trinajstić information content (AvgIpc) is 2.16. The molecule has 3 nitrogen and oxygen atoms in total. The van der Waals surface area contributed by atoms with E-state index >= 15 is 0 Å². The maximum absolute atomic E-state index is 11.1. The molecule has 0 spiro atoms. The molecule has 0 heterocycles. The zero-order chi connectivity index (χ0) is 10.1. The Labute approximate surface area is 83.8 Å². The summed E-state index contributed by atoms with van der Waals surface area (Å²) in [5.74, 6) is 3.97. The van der Waals surface area contributed by atoms with Gasteiger partial charge in [-0.25, -0.2) is 0 Å². The predicted molar refractivity (Wildman–Crippen MR) is 57.4 cm³/mol. The maximum Gasteiger partial charge on any atom is 0.236 e. The molecule has 0 aliphatic heterocycles. The molecule has 74 valence electrons. The number of thioether (sulfide) groups is 1. The fourth-order valence-corrected chi connectivity index (χ4v) is 1.20. The van der Waals surface area contributed by atoms with Gasteiger partial charge in [0.1, 0.15) is 0 Å². The molecule has 0 aliphatic carbocycles. The van der Waals surface area contributed by atoms with Crippen LogP contribution in [0.4, 0.5) is 0 Å². The molecule has 0 saturated heterocycles. The Kier molecular flexibility index (Phi) is 7.56. The summed E-state index contributed by atoms with van der Waals surface area (Å²) >= 11 is 1.62. The van der Waals surface area contributed by atoms with Gasteiger partial charge in [-0.1, -0.05) is 12.8 Å². The minimum atomic E-state index is -0.377. The van der Waals surface area contributed by atoms with Crippen molar-refractivity contribution < 1.29 is 4.79 Å². The molecule has 0 aromatic heterocycles. The summed E-state index contributed by atoms with van der Waals surface area (Å²) in [5, 5.41) is 2.74. The lowest BCUT2D eigenvalue weighted by Gasteiger charge is -2.08. The Hall–Kier alpha value is -0.660. The highest BCUT2D eigenvalue weighted by atomic mass is 32.2. The molecular weight excluding hydrogens is 184 g/mol. The predicted octanol–water partition coefficient (Wildman–Crippen LogP) is 0.206. The van der Waals surface area contributed by atoms with E-state index in [0.717, 1.165) is 5.75 Å². The van der Waals surface area contributed by atoms with Crippen molar-refractivity contribution in [2.45, 2.75) is 19.4 Å². The van der Waals surface area contributed by atoms with E-state index in [4.69, 9.17) is 12.2 Å². The first kappa shape index (κ1) is 12.3. The van der Waals surface area contributed by atoms with Crippen LogP contribution in [0.2, 0.25) is 0 Å². The van der Waals surface area contributed by atoms with Crippen LogP contribution in [0.15, 0.2) is 0 Å². The lowest BCUT2D eigenvalue weighted by Crippen LogP contribution is -2.40. The highest BCUT2D eigenvalue weighted by Crippen LogP contribution is 1.95. The van der Waals surface area contributed by atoms with Gasteiger partial charge in [-0.2, -0.15) is 0 Å². The quantitative estimate of drug-likeness (QED) is 0.476. The average molecular weight is 200 g/mol. The fourth-order valence-electron chi connectivity index (χ4n) is 0.694. The summed E-state index contributed by atoms with van der Waals surface area (Å²) in [7, 11) is 0. The maximum atomic E-state index is 11.1. The Morgan fingerprint density at radius 3 is 3.00 bits per heavy atom. The van der Waals surface area contributed by atoms with E-state index in [1.54, 1.807) is 11.8 Å². The summed E-state index contributed by atoms with van der Waals surface area (Å²) in [6, 6.07) is -0.377. The molecule has 1 unspecified atom stereocenters. The second-order valence-corrected chi connectivity index (χ2v) is 3.67. The number of rotatable bonds is 6. The van der Waals surface area contributed by atoms with Gasteiger partial charge in [0.25, 0.3) is 0 Å². The van der Waals surface area contributed by atoms with E-state index in [0.29, 0.717) is 18.7 Å². The first-order chi connectivity index (χ1) is 6.22. The molecule has 0 aromatic rings. The third-order valence-electron chi connectivity index (χ3n) is 1.51. The molecular formula is C9H16N2OS. The van der Waals surface area contributed by atoms with Crippen LogP contribution in [-0.2, 0) is 4.79 Å². The van der Waals surface area contributed by atoms with Crippen LogP contribution in [0, 0.1) is 12.3 Å². The molecule has 3 N–H and O–H groups in total. The van der Waals surface area contributed by atoms with E-state index in [1.807, 2.05) is 6.92 Å². The number of amides is 1. The highest BCUT2D eigenvalue weighted by Gasteiger charge is 2.08. The van der Waals surface area contributed by atoms with Gasteiger partial charge < -0.3 is 11.1 Å². The summed E-state index contributed by atoms with van der Waals surface area (Å²) in [6.45, 7) is 2.52. The Morgan fingerprint density at radius 1 is 1.77 bits per heavy atom. The minimum absolute atomic E-state index is 0.0798. The first-order valence-electron chi connectivity index (χ1n) is 4.26. The molecule has 0 fully saturated rings. The van der Waals surface area contributed by atoms with Crippen molar-refractivity contribution in [1.82, 2.24) is 5.32 Å². The SMILES string of the molecule is C#CCSCCNC(=O)C(N)CC. The van der Waals surface area contributed by atoms with Crippen LogP contribution in [0.5, 0.6) is 0 Å². The van der Waals surface area contributed by atoms with Gasteiger partial charge in [0.05, 0.1) is 11.8 Å². The molecule has 1 amide bonds. The zero-order valence-corrected chi connectivity index (χ0v) is 8.69. The molecule has 0 aliphatic rings. The largest absolute Gasteiger partial charge is 0.354 e. The van der Waals surface area contributed by atoms with Gasteiger partial charge in [0, 0.05) is 12.3 Å². The number of carbonyl (C=O) groups is 1. The van der Waals surface area contributed by atoms with Crippen LogP contribution in [-0.4, -0.2) is 30.0 Å². The van der Waals surface area contributed by atoms with E-state index in [2.05, 4.69) is 11.2 Å². The van der Waals surface area contributed by atoms with Crippen LogP contribution >= 0.6 is 11.8 Å². The second kappa shape index (κ2) is 7.96. The van der Waals surface area contributed by atoms with E-state index < -0.39 is 0 Å². The molecule has 13 heavy (non-hydrogen) atoms. The van der Waals surface area contributed by atoms with Crippen molar-refractivity contribution in [2.24, 2.45) is 5.73 Å². The summed E-state index contributed by atoms with van der Waals surface area (Å²) < 4.78 is 0. The lowest BCUT2D eigenvalue weighted by molar-refractivity contribution is -0.122. The first-order valence-corrected chi connectivity index (χ1v) is 5.42. The molecule has 0 saturated carbocycles. The van der Waals surface area contributed by atoms with E-state index in [-0.39, 0.29) is 11.9 Å². The Morgan fingerprint density at radius 2 is 2.46 bits per heavy atom. The fraction of sp³-hybridized carbons (Fsp3) is 0.667. The van der Waals surface area contributed by atoms with Gasteiger partial charge in [-0.3, -0.25) is 4.79 Å². The van der Waals surface area contributed by atoms with Gasteiger partial charge in [-0.15, -0.1) is 18.2 Å². The van der Waals surface area contributed by atoms with Crippen LogP contribution in [0.1, 0.15) is 13.3 Å². The zero-order valence-electron chi connectivity index (χ0n) is 7.88. The lowest BCUT2D eigenvalue weighted by atomic mass is 10.2. The third-order valence-corrected chi connectivity index (χ3v) is 2.37. The summed E-state index contributed by atoms with van der Waals surface area (Å²) in [6.07, 6.45) is 5.73. The van der Waals surface area contributed by atoms with Crippen molar-refractivity contribution in [3.63, 3.8) is 0 Å². The smallest absolute Gasteiger partial charge is 0.236 e. The van der Waals surface area contributed by atoms with Crippen molar-refractivity contribution >= 4 is 17.7 Å². The highest BCUT2D eigenvalue weighted by molar-refractivity contribution is 7.99. The summed E-state index contributed by atoms with van der Waals surface area (Å²) in [5.41, 5.74) is 5.51.